The molecule has 1 aromatic carbocycles. The number of nitrogen functional groups attached to an aromatic ring is 1. The van der Waals surface area contributed by atoms with Crippen LogP contribution in [-0.2, 0) is 0 Å². The lowest BCUT2D eigenvalue weighted by Crippen LogP contribution is -2.39. The van der Waals surface area contributed by atoms with Gasteiger partial charge in [-0.3, -0.25) is 4.79 Å². The van der Waals surface area contributed by atoms with Crippen molar-refractivity contribution in [1.29, 1.82) is 0 Å². The third-order valence-corrected chi connectivity index (χ3v) is 3.16. The minimum absolute atomic E-state index is 0.0424. The minimum atomic E-state index is -0.439. The minimum Gasteiger partial charge on any atom is -0.397 e. The summed E-state index contributed by atoms with van der Waals surface area (Å²) >= 11 is 5.82. The van der Waals surface area contributed by atoms with E-state index >= 15 is 0 Å². The summed E-state index contributed by atoms with van der Waals surface area (Å²) in [4.78, 5) is 11.9. The fourth-order valence-corrected chi connectivity index (χ4v) is 1.69. The molecule has 0 spiro atoms. The highest BCUT2D eigenvalue weighted by atomic mass is 35.5. The molecule has 0 heterocycles. The van der Waals surface area contributed by atoms with Crippen molar-refractivity contribution in [2.75, 3.05) is 12.3 Å². The fraction of sp³-hybridized carbons (Fsp3) is 0.364. The number of para-hydroxylation sites is 1. The first-order chi connectivity index (χ1) is 7.58. The maximum Gasteiger partial charge on any atom is 0.253 e. The van der Waals surface area contributed by atoms with Gasteiger partial charge in [0.15, 0.2) is 0 Å². The van der Waals surface area contributed by atoms with E-state index in [-0.39, 0.29) is 18.2 Å². The molecule has 4 N–H and O–H groups in total. The molecule has 0 unspecified atom stereocenters. The van der Waals surface area contributed by atoms with Gasteiger partial charge < -0.3 is 16.2 Å². The average molecular weight is 241 g/mol. The van der Waals surface area contributed by atoms with Gasteiger partial charge in [-0.05, 0) is 25.0 Å². The predicted molar refractivity (Wildman–Crippen MR) is 62.4 cm³/mol. The van der Waals surface area contributed by atoms with Gasteiger partial charge in [-0.15, -0.1) is 0 Å². The van der Waals surface area contributed by atoms with Crippen LogP contribution in [0.4, 0.5) is 5.69 Å². The molecule has 16 heavy (non-hydrogen) atoms. The number of hydrogen-bond donors (Lipinski definition) is 3. The number of rotatable bonds is 3. The monoisotopic (exact) mass is 240 g/mol. The molecule has 0 saturated heterocycles. The molecule has 2 rings (SSSR count). The zero-order valence-corrected chi connectivity index (χ0v) is 9.42. The molecule has 0 aliphatic heterocycles. The summed E-state index contributed by atoms with van der Waals surface area (Å²) in [5, 5.41) is 12.2. The predicted octanol–water partition coefficient (Wildman–Crippen LogP) is 1.18. The summed E-state index contributed by atoms with van der Waals surface area (Å²) in [6.45, 7) is -0.0424. The number of anilines is 1. The van der Waals surface area contributed by atoms with Crippen molar-refractivity contribution in [1.82, 2.24) is 5.32 Å². The lowest BCUT2D eigenvalue weighted by Gasteiger charge is -2.15. The maximum atomic E-state index is 11.9. The molecule has 0 atom stereocenters. The molecule has 1 amide bonds. The summed E-state index contributed by atoms with van der Waals surface area (Å²) in [5.74, 6) is -0.286. The second-order valence-electron chi connectivity index (χ2n) is 4.09. The van der Waals surface area contributed by atoms with Crippen LogP contribution in [0.1, 0.15) is 23.2 Å². The second kappa shape index (κ2) is 3.96. The molecule has 5 heteroatoms. The highest BCUT2D eigenvalue weighted by Crippen LogP contribution is 2.35. The van der Waals surface area contributed by atoms with Gasteiger partial charge in [0.2, 0.25) is 0 Å². The third kappa shape index (κ3) is 1.99. The zero-order chi connectivity index (χ0) is 11.8. The number of halogens is 1. The molecular weight excluding hydrogens is 228 g/mol. The number of aliphatic hydroxyl groups is 1. The number of benzene rings is 1. The van der Waals surface area contributed by atoms with Gasteiger partial charge in [0.1, 0.15) is 0 Å². The Bertz CT molecular complexity index is 430. The van der Waals surface area contributed by atoms with Crippen LogP contribution in [-0.4, -0.2) is 23.2 Å². The Morgan fingerprint density at radius 1 is 1.56 bits per heavy atom. The van der Waals surface area contributed by atoms with E-state index in [2.05, 4.69) is 5.32 Å². The lowest BCUT2D eigenvalue weighted by atomic mass is 10.1. The number of amides is 1. The first-order valence-corrected chi connectivity index (χ1v) is 5.43. The molecule has 4 nitrogen and oxygen atoms in total. The first kappa shape index (κ1) is 11.2. The molecular formula is C11H13ClN2O2. The molecule has 86 valence electrons. The van der Waals surface area contributed by atoms with Gasteiger partial charge in [-0.1, -0.05) is 17.7 Å². The largest absolute Gasteiger partial charge is 0.397 e. The van der Waals surface area contributed by atoms with Crippen LogP contribution in [0, 0.1) is 0 Å². The molecule has 1 aliphatic rings. The molecule has 1 fully saturated rings. The summed E-state index contributed by atoms with van der Waals surface area (Å²) in [6.07, 6.45) is 1.60. The second-order valence-corrected chi connectivity index (χ2v) is 4.50. The van der Waals surface area contributed by atoms with Crippen molar-refractivity contribution >= 4 is 23.2 Å². The summed E-state index contributed by atoms with van der Waals surface area (Å²) in [5.41, 5.74) is 5.90. The number of nitrogens with two attached hydrogens (primary N) is 1. The Morgan fingerprint density at radius 2 is 2.25 bits per heavy atom. The quantitative estimate of drug-likeness (QED) is 0.695. The highest BCUT2D eigenvalue weighted by Gasteiger charge is 2.43. The van der Waals surface area contributed by atoms with Crippen molar-refractivity contribution in [2.24, 2.45) is 0 Å². The van der Waals surface area contributed by atoms with Crippen molar-refractivity contribution in [3.8, 4) is 0 Å². The smallest absolute Gasteiger partial charge is 0.253 e. The zero-order valence-electron chi connectivity index (χ0n) is 8.66. The molecule has 1 saturated carbocycles. The van der Waals surface area contributed by atoms with Crippen LogP contribution in [0.25, 0.3) is 0 Å². The molecule has 1 aliphatic carbocycles. The lowest BCUT2D eigenvalue weighted by molar-refractivity contribution is 0.0907. The highest BCUT2D eigenvalue weighted by molar-refractivity contribution is 6.33. The Balaban J connectivity index is 2.18. The van der Waals surface area contributed by atoms with E-state index in [9.17, 15) is 4.79 Å². The Kier molecular flexibility index (Phi) is 2.78. The van der Waals surface area contributed by atoms with E-state index in [0.717, 1.165) is 12.8 Å². The van der Waals surface area contributed by atoms with E-state index in [1.807, 2.05) is 0 Å². The topological polar surface area (TPSA) is 75.4 Å². The first-order valence-electron chi connectivity index (χ1n) is 5.05. The van der Waals surface area contributed by atoms with E-state index in [0.29, 0.717) is 10.6 Å². The van der Waals surface area contributed by atoms with Gasteiger partial charge in [0.05, 0.1) is 28.4 Å². The van der Waals surface area contributed by atoms with E-state index < -0.39 is 5.54 Å². The molecule has 1 aromatic rings. The summed E-state index contributed by atoms with van der Waals surface area (Å²) in [6, 6.07) is 4.92. The fourth-order valence-electron chi connectivity index (χ4n) is 1.52. The van der Waals surface area contributed by atoms with Crippen LogP contribution >= 0.6 is 11.6 Å². The summed E-state index contributed by atoms with van der Waals surface area (Å²) < 4.78 is 0. The SMILES string of the molecule is Nc1c(Cl)cccc1C(=O)NC1(CO)CC1. The van der Waals surface area contributed by atoms with Crippen molar-refractivity contribution in [3.05, 3.63) is 28.8 Å². The van der Waals surface area contributed by atoms with Crippen LogP contribution in [0.15, 0.2) is 18.2 Å². The van der Waals surface area contributed by atoms with Crippen LogP contribution in [0.2, 0.25) is 5.02 Å². The standard InChI is InChI=1S/C11H13ClN2O2/c12-8-3-1-2-7(9(8)13)10(16)14-11(6-15)4-5-11/h1-3,15H,4-6,13H2,(H,14,16). The Hall–Kier alpha value is -1.26. The molecule has 0 aromatic heterocycles. The van der Waals surface area contributed by atoms with Gasteiger partial charge >= 0.3 is 0 Å². The van der Waals surface area contributed by atoms with Crippen molar-refractivity contribution < 1.29 is 9.90 Å². The number of hydrogen-bond acceptors (Lipinski definition) is 3. The van der Waals surface area contributed by atoms with Crippen LogP contribution < -0.4 is 11.1 Å². The van der Waals surface area contributed by atoms with Crippen molar-refractivity contribution in [2.45, 2.75) is 18.4 Å². The van der Waals surface area contributed by atoms with Crippen molar-refractivity contribution in [3.63, 3.8) is 0 Å². The number of carbonyl (C=O) groups excluding carboxylic acids is 1. The summed E-state index contributed by atoms with van der Waals surface area (Å²) in [7, 11) is 0. The van der Waals surface area contributed by atoms with E-state index in [1.54, 1.807) is 18.2 Å². The van der Waals surface area contributed by atoms with Crippen LogP contribution in [0.3, 0.4) is 0 Å². The van der Waals surface area contributed by atoms with E-state index in [4.69, 9.17) is 22.4 Å². The van der Waals surface area contributed by atoms with Gasteiger partial charge in [-0.25, -0.2) is 0 Å². The number of nitrogens with one attached hydrogen (secondary N) is 1. The number of aliphatic hydroxyl groups excluding tert-OH is 1. The van der Waals surface area contributed by atoms with E-state index in [1.165, 1.54) is 0 Å². The van der Waals surface area contributed by atoms with Gasteiger partial charge in [-0.2, -0.15) is 0 Å². The van der Waals surface area contributed by atoms with Gasteiger partial charge in [0.25, 0.3) is 5.91 Å². The molecule has 0 bridgehead atoms. The molecule has 0 radical (unpaired) electrons. The average Bonchev–Trinajstić information content (AvgIpc) is 3.02. The van der Waals surface area contributed by atoms with Crippen LogP contribution in [0.5, 0.6) is 0 Å². The maximum absolute atomic E-state index is 11.9. The Morgan fingerprint density at radius 3 is 2.81 bits per heavy atom. The third-order valence-electron chi connectivity index (χ3n) is 2.83. The Labute approximate surface area is 98.4 Å². The van der Waals surface area contributed by atoms with Gasteiger partial charge in [0, 0.05) is 0 Å². The number of carbonyl (C=O) groups is 1. The normalized spacial score (nSPS) is 16.9.